The molecule has 2 heterocycles. The van der Waals surface area contributed by atoms with Crippen molar-refractivity contribution in [3.05, 3.63) is 12.0 Å². The van der Waals surface area contributed by atoms with E-state index in [-0.39, 0.29) is 17.9 Å². The third-order valence-electron chi connectivity index (χ3n) is 2.77. The lowest BCUT2D eigenvalue weighted by molar-refractivity contribution is -0.134. The first-order chi connectivity index (χ1) is 8.92. The van der Waals surface area contributed by atoms with Crippen molar-refractivity contribution in [2.75, 3.05) is 0 Å². The number of amides is 2. The molecule has 1 aliphatic heterocycles. The van der Waals surface area contributed by atoms with Crippen LogP contribution in [0.15, 0.2) is 11.2 Å². The van der Waals surface area contributed by atoms with E-state index >= 15 is 0 Å². The number of imide groups is 1. The summed E-state index contributed by atoms with van der Waals surface area (Å²) in [7, 11) is -3.84. The van der Waals surface area contributed by atoms with Gasteiger partial charge in [0.05, 0.1) is 6.20 Å². The molecule has 0 radical (unpaired) electrons. The van der Waals surface area contributed by atoms with Crippen LogP contribution in [-0.2, 0) is 26.0 Å². The van der Waals surface area contributed by atoms with Gasteiger partial charge < -0.3 is 4.98 Å². The van der Waals surface area contributed by atoms with Gasteiger partial charge in [0.15, 0.2) is 5.03 Å². The van der Waals surface area contributed by atoms with E-state index in [2.05, 4.69) is 20.0 Å². The van der Waals surface area contributed by atoms with Crippen molar-refractivity contribution in [2.45, 2.75) is 37.3 Å². The SMILES string of the molecule is CCc1ncc(S(=O)(=O)NC2CCC(=O)NC2=O)[nH]1. The number of imidazole rings is 1. The van der Waals surface area contributed by atoms with Crippen LogP contribution in [0.3, 0.4) is 0 Å². The van der Waals surface area contributed by atoms with Crippen molar-refractivity contribution in [3.63, 3.8) is 0 Å². The predicted molar refractivity (Wildman–Crippen MR) is 64.5 cm³/mol. The minimum atomic E-state index is -3.84. The van der Waals surface area contributed by atoms with Crippen LogP contribution >= 0.6 is 0 Å². The summed E-state index contributed by atoms with van der Waals surface area (Å²) in [5.41, 5.74) is 0. The molecule has 0 bridgehead atoms. The molecule has 1 aromatic rings. The quantitative estimate of drug-likeness (QED) is 0.616. The summed E-state index contributed by atoms with van der Waals surface area (Å²) in [5, 5.41) is 2.00. The fraction of sp³-hybridized carbons (Fsp3) is 0.500. The van der Waals surface area contributed by atoms with Crippen molar-refractivity contribution in [1.29, 1.82) is 0 Å². The van der Waals surface area contributed by atoms with Gasteiger partial charge in [0, 0.05) is 12.8 Å². The van der Waals surface area contributed by atoms with Crippen molar-refractivity contribution in [1.82, 2.24) is 20.0 Å². The Morgan fingerprint density at radius 1 is 1.47 bits per heavy atom. The van der Waals surface area contributed by atoms with Crippen molar-refractivity contribution in [3.8, 4) is 0 Å². The maximum atomic E-state index is 12.0. The zero-order valence-electron chi connectivity index (χ0n) is 10.3. The van der Waals surface area contributed by atoms with Crippen LogP contribution in [0.2, 0.25) is 0 Å². The summed E-state index contributed by atoms with van der Waals surface area (Å²) in [4.78, 5) is 29.0. The van der Waals surface area contributed by atoms with Crippen molar-refractivity contribution >= 4 is 21.8 Å². The molecule has 8 nitrogen and oxygen atoms in total. The van der Waals surface area contributed by atoms with Crippen LogP contribution in [0, 0.1) is 0 Å². The topological polar surface area (TPSA) is 121 Å². The first-order valence-corrected chi connectivity index (χ1v) is 7.30. The Hall–Kier alpha value is -1.74. The largest absolute Gasteiger partial charge is 0.332 e. The molecule has 0 aromatic carbocycles. The van der Waals surface area contributed by atoms with Crippen LogP contribution in [0.4, 0.5) is 0 Å². The van der Waals surface area contributed by atoms with E-state index in [0.717, 1.165) is 0 Å². The molecule has 104 valence electrons. The molecule has 0 spiro atoms. The van der Waals surface area contributed by atoms with Crippen LogP contribution in [-0.4, -0.2) is 36.2 Å². The smallest absolute Gasteiger partial charge is 0.258 e. The van der Waals surface area contributed by atoms with Gasteiger partial charge in [-0.2, -0.15) is 4.72 Å². The fourth-order valence-electron chi connectivity index (χ4n) is 1.72. The van der Waals surface area contributed by atoms with Crippen LogP contribution in [0.5, 0.6) is 0 Å². The molecule has 2 amide bonds. The van der Waals surface area contributed by atoms with Gasteiger partial charge in [-0.1, -0.05) is 6.92 Å². The second kappa shape index (κ2) is 5.10. The molecule has 2 rings (SSSR count). The van der Waals surface area contributed by atoms with Crippen LogP contribution in [0.1, 0.15) is 25.6 Å². The average Bonchev–Trinajstić information content (AvgIpc) is 2.82. The summed E-state index contributed by atoms with van der Waals surface area (Å²) in [5.74, 6) is -0.478. The summed E-state index contributed by atoms with van der Waals surface area (Å²) in [6, 6.07) is -0.934. The molecule has 1 atom stereocenters. The Kier molecular flexibility index (Phi) is 3.67. The standard InChI is InChI=1S/C10H14N4O4S/c1-2-7-11-5-9(12-7)19(17,18)14-6-3-4-8(15)13-10(6)16/h5-6,14H,2-4H2,1H3,(H,11,12)(H,13,15,16). The van der Waals surface area contributed by atoms with Gasteiger partial charge in [0.2, 0.25) is 11.8 Å². The maximum Gasteiger partial charge on any atom is 0.258 e. The third kappa shape index (κ3) is 2.99. The minimum Gasteiger partial charge on any atom is -0.332 e. The molecule has 1 aromatic heterocycles. The lowest BCUT2D eigenvalue weighted by atomic mass is 10.1. The number of sulfonamides is 1. The Morgan fingerprint density at radius 2 is 2.21 bits per heavy atom. The van der Waals surface area contributed by atoms with Gasteiger partial charge >= 0.3 is 0 Å². The highest BCUT2D eigenvalue weighted by Crippen LogP contribution is 2.11. The van der Waals surface area contributed by atoms with Gasteiger partial charge in [0.25, 0.3) is 10.0 Å². The molecule has 0 saturated carbocycles. The van der Waals surface area contributed by atoms with E-state index in [1.807, 2.05) is 6.92 Å². The normalized spacial score (nSPS) is 20.4. The highest BCUT2D eigenvalue weighted by molar-refractivity contribution is 7.89. The van der Waals surface area contributed by atoms with Crippen molar-refractivity contribution < 1.29 is 18.0 Å². The number of nitrogens with one attached hydrogen (secondary N) is 3. The van der Waals surface area contributed by atoms with Gasteiger partial charge in [-0.05, 0) is 6.42 Å². The summed E-state index contributed by atoms with van der Waals surface area (Å²) >= 11 is 0. The van der Waals surface area contributed by atoms with E-state index < -0.39 is 27.9 Å². The Balaban J connectivity index is 2.13. The number of hydrogen-bond acceptors (Lipinski definition) is 5. The van der Waals surface area contributed by atoms with Gasteiger partial charge in [-0.3, -0.25) is 14.9 Å². The third-order valence-corrected chi connectivity index (χ3v) is 4.15. The Labute approximate surface area is 110 Å². The number of carbonyl (C=O) groups excluding carboxylic acids is 2. The van der Waals surface area contributed by atoms with Crippen molar-refractivity contribution in [2.24, 2.45) is 0 Å². The molecule has 1 aliphatic rings. The highest BCUT2D eigenvalue weighted by Gasteiger charge is 2.31. The Morgan fingerprint density at radius 3 is 2.79 bits per heavy atom. The number of H-pyrrole nitrogens is 1. The first-order valence-electron chi connectivity index (χ1n) is 5.82. The zero-order chi connectivity index (χ0) is 14.0. The van der Waals surface area contributed by atoms with Gasteiger partial charge in [-0.25, -0.2) is 13.4 Å². The number of hydrogen-bond donors (Lipinski definition) is 3. The number of nitrogens with zero attached hydrogens (tertiary/aromatic N) is 1. The summed E-state index contributed by atoms with van der Waals surface area (Å²) in [6.45, 7) is 1.84. The first kappa shape index (κ1) is 13.7. The molecular formula is C10H14N4O4S. The maximum absolute atomic E-state index is 12.0. The molecular weight excluding hydrogens is 272 g/mol. The molecule has 1 fully saturated rings. The molecule has 9 heteroatoms. The minimum absolute atomic E-state index is 0.0888. The van der Waals surface area contributed by atoms with E-state index in [0.29, 0.717) is 12.2 Å². The average molecular weight is 286 g/mol. The van der Waals surface area contributed by atoms with E-state index in [4.69, 9.17) is 0 Å². The number of aromatic amines is 1. The zero-order valence-corrected chi connectivity index (χ0v) is 11.1. The molecule has 19 heavy (non-hydrogen) atoms. The number of rotatable bonds is 4. The lowest BCUT2D eigenvalue weighted by Gasteiger charge is -2.21. The monoisotopic (exact) mass is 286 g/mol. The second-order valence-electron chi connectivity index (χ2n) is 4.17. The van der Waals surface area contributed by atoms with E-state index in [1.165, 1.54) is 6.20 Å². The van der Waals surface area contributed by atoms with Crippen LogP contribution < -0.4 is 10.0 Å². The van der Waals surface area contributed by atoms with Gasteiger partial charge in [0.1, 0.15) is 11.9 Å². The number of carbonyl (C=O) groups is 2. The summed E-state index contributed by atoms with van der Waals surface area (Å²) < 4.78 is 26.3. The van der Waals surface area contributed by atoms with E-state index in [1.54, 1.807) is 0 Å². The number of piperidine rings is 1. The predicted octanol–water partition coefficient (Wildman–Crippen LogP) is -0.944. The van der Waals surface area contributed by atoms with Crippen LogP contribution in [0.25, 0.3) is 0 Å². The van der Waals surface area contributed by atoms with E-state index in [9.17, 15) is 18.0 Å². The fourth-order valence-corrected chi connectivity index (χ4v) is 2.89. The highest BCUT2D eigenvalue weighted by atomic mass is 32.2. The molecule has 1 unspecified atom stereocenters. The molecule has 3 N–H and O–H groups in total. The molecule has 1 saturated heterocycles. The Bertz CT molecular complexity index is 607. The lowest BCUT2D eigenvalue weighted by Crippen LogP contribution is -2.52. The molecule has 0 aliphatic carbocycles. The summed E-state index contributed by atoms with van der Waals surface area (Å²) in [6.07, 6.45) is 2.04. The number of aryl methyl sites for hydroxylation is 1. The number of aromatic nitrogens is 2. The van der Waals surface area contributed by atoms with Gasteiger partial charge in [-0.15, -0.1) is 0 Å². The second-order valence-corrected chi connectivity index (χ2v) is 5.86.